The van der Waals surface area contributed by atoms with Crippen LogP contribution in [0.4, 0.5) is 0 Å². The lowest BCUT2D eigenvalue weighted by atomic mass is 10.0. The third-order valence-electron chi connectivity index (χ3n) is 5.09. The smallest absolute Gasteiger partial charge is 0.164 e. The quantitative estimate of drug-likeness (QED) is 0.400. The Kier molecular flexibility index (Phi) is 5.22. The summed E-state index contributed by atoms with van der Waals surface area (Å²) in [5.74, 6) is 2.58. The lowest BCUT2D eigenvalue weighted by Crippen LogP contribution is -2.00. The molecule has 0 aliphatic carbocycles. The average Bonchev–Trinajstić information content (AvgIpc) is 2.74. The van der Waals surface area contributed by atoms with Crippen LogP contribution in [0, 0.1) is 13.8 Å². The van der Waals surface area contributed by atoms with Gasteiger partial charge in [-0.3, -0.25) is 0 Å². The van der Waals surface area contributed by atoms with E-state index in [1.54, 1.807) is 0 Å². The van der Waals surface area contributed by atoms with Gasteiger partial charge in [-0.05, 0) is 25.3 Å². The number of hydrogen-bond acceptors (Lipinski definition) is 3. The SMILES string of the molecule is Cc1ccc(-c2nc(-c3ccc(C)cc3)nc(-c3ccc(C(C)C)cc3)n2)cc1. The molecule has 0 amide bonds. The Labute approximate surface area is 172 Å². The fourth-order valence-corrected chi connectivity index (χ4v) is 3.19. The molecule has 0 spiro atoms. The molecule has 0 radical (unpaired) electrons. The van der Waals surface area contributed by atoms with E-state index in [0.29, 0.717) is 23.4 Å². The van der Waals surface area contributed by atoms with Crippen LogP contribution in [0.15, 0.2) is 72.8 Å². The largest absolute Gasteiger partial charge is 0.208 e. The third kappa shape index (κ3) is 4.24. The second-order valence-electron chi connectivity index (χ2n) is 7.81. The van der Waals surface area contributed by atoms with Crippen LogP contribution in [0.2, 0.25) is 0 Å². The molecule has 1 aromatic heterocycles. The minimum Gasteiger partial charge on any atom is -0.208 e. The van der Waals surface area contributed by atoms with Gasteiger partial charge in [0.15, 0.2) is 17.5 Å². The molecule has 0 aliphatic rings. The lowest BCUT2D eigenvalue weighted by molar-refractivity contribution is 0.867. The molecule has 1 heterocycles. The van der Waals surface area contributed by atoms with Crippen molar-refractivity contribution < 1.29 is 0 Å². The van der Waals surface area contributed by atoms with Crippen LogP contribution in [-0.4, -0.2) is 15.0 Å². The zero-order chi connectivity index (χ0) is 20.4. The van der Waals surface area contributed by atoms with Crippen molar-refractivity contribution in [1.82, 2.24) is 15.0 Å². The Morgan fingerprint density at radius 1 is 0.483 bits per heavy atom. The minimum atomic E-state index is 0.494. The van der Waals surface area contributed by atoms with Gasteiger partial charge >= 0.3 is 0 Å². The molecule has 3 heteroatoms. The molecule has 3 nitrogen and oxygen atoms in total. The van der Waals surface area contributed by atoms with Gasteiger partial charge < -0.3 is 0 Å². The molecule has 0 aliphatic heterocycles. The molecular formula is C26H25N3. The second kappa shape index (κ2) is 7.96. The van der Waals surface area contributed by atoms with Crippen LogP contribution in [0.1, 0.15) is 36.5 Å². The highest BCUT2D eigenvalue weighted by molar-refractivity contribution is 5.66. The first-order chi connectivity index (χ1) is 14.0. The van der Waals surface area contributed by atoms with E-state index in [9.17, 15) is 0 Å². The van der Waals surface area contributed by atoms with Crippen molar-refractivity contribution in [3.63, 3.8) is 0 Å². The molecule has 3 aromatic carbocycles. The lowest BCUT2D eigenvalue weighted by Gasteiger charge is -2.10. The highest BCUT2D eigenvalue weighted by Gasteiger charge is 2.12. The Bertz CT molecular complexity index is 1050. The summed E-state index contributed by atoms with van der Waals surface area (Å²) >= 11 is 0. The average molecular weight is 380 g/mol. The molecular weight excluding hydrogens is 354 g/mol. The van der Waals surface area contributed by atoms with E-state index in [2.05, 4.69) is 100 Å². The molecule has 0 saturated heterocycles. The highest BCUT2D eigenvalue weighted by Crippen LogP contribution is 2.26. The Morgan fingerprint density at radius 3 is 1.10 bits per heavy atom. The molecule has 144 valence electrons. The van der Waals surface area contributed by atoms with E-state index in [4.69, 9.17) is 15.0 Å². The van der Waals surface area contributed by atoms with E-state index in [1.807, 2.05) is 0 Å². The Hall–Kier alpha value is -3.33. The van der Waals surface area contributed by atoms with Crippen LogP contribution in [0.5, 0.6) is 0 Å². The minimum absolute atomic E-state index is 0.494. The van der Waals surface area contributed by atoms with Gasteiger partial charge in [0.25, 0.3) is 0 Å². The normalized spacial score (nSPS) is 11.1. The molecule has 0 unspecified atom stereocenters. The van der Waals surface area contributed by atoms with Crippen molar-refractivity contribution in [2.24, 2.45) is 0 Å². The first-order valence-corrected chi connectivity index (χ1v) is 10.00. The Balaban J connectivity index is 1.85. The van der Waals surface area contributed by atoms with Crippen molar-refractivity contribution in [3.05, 3.63) is 89.5 Å². The number of rotatable bonds is 4. The van der Waals surface area contributed by atoms with Gasteiger partial charge in [0.05, 0.1) is 0 Å². The van der Waals surface area contributed by atoms with Crippen LogP contribution < -0.4 is 0 Å². The first-order valence-electron chi connectivity index (χ1n) is 10.00. The second-order valence-corrected chi connectivity index (χ2v) is 7.81. The summed E-state index contributed by atoms with van der Waals surface area (Å²) in [7, 11) is 0. The van der Waals surface area contributed by atoms with Crippen LogP contribution in [-0.2, 0) is 0 Å². The van der Waals surface area contributed by atoms with Crippen molar-refractivity contribution in [1.29, 1.82) is 0 Å². The van der Waals surface area contributed by atoms with Gasteiger partial charge in [0.2, 0.25) is 0 Å². The van der Waals surface area contributed by atoms with E-state index in [0.717, 1.165) is 16.7 Å². The molecule has 29 heavy (non-hydrogen) atoms. The molecule has 0 saturated carbocycles. The van der Waals surface area contributed by atoms with Crippen LogP contribution >= 0.6 is 0 Å². The number of benzene rings is 3. The predicted molar refractivity (Wildman–Crippen MR) is 120 cm³/mol. The standard InChI is InChI=1S/C26H25N3/c1-17(2)20-13-15-23(16-14-20)26-28-24(21-9-5-18(3)6-10-21)27-25(29-26)22-11-7-19(4)8-12-22/h5-17H,1-4H3. The van der Waals surface area contributed by atoms with Gasteiger partial charge in [0.1, 0.15) is 0 Å². The maximum absolute atomic E-state index is 4.80. The van der Waals surface area contributed by atoms with Crippen molar-refractivity contribution in [2.45, 2.75) is 33.6 Å². The number of aryl methyl sites for hydroxylation is 2. The highest BCUT2D eigenvalue weighted by atomic mass is 15.0. The van der Waals surface area contributed by atoms with Crippen molar-refractivity contribution >= 4 is 0 Å². The molecule has 4 rings (SSSR count). The summed E-state index contributed by atoms with van der Waals surface area (Å²) in [5.41, 5.74) is 6.72. The van der Waals surface area contributed by atoms with Gasteiger partial charge in [-0.15, -0.1) is 0 Å². The monoisotopic (exact) mass is 379 g/mol. The van der Waals surface area contributed by atoms with Gasteiger partial charge in [0, 0.05) is 16.7 Å². The third-order valence-corrected chi connectivity index (χ3v) is 5.09. The van der Waals surface area contributed by atoms with Gasteiger partial charge in [-0.25, -0.2) is 15.0 Å². The molecule has 0 bridgehead atoms. The molecule has 0 N–H and O–H groups in total. The van der Waals surface area contributed by atoms with Gasteiger partial charge in [-0.1, -0.05) is 97.8 Å². The molecule has 0 fully saturated rings. The zero-order valence-electron chi connectivity index (χ0n) is 17.3. The van der Waals surface area contributed by atoms with E-state index in [-0.39, 0.29) is 0 Å². The Morgan fingerprint density at radius 2 is 0.793 bits per heavy atom. The summed E-state index contributed by atoms with van der Waals surface area (Å²) in [6.45, 7) is 8.55. The molecule has 4 aromatic rings. The summed E-state index contributed by atoms with van der Waals surface area (Å²) in [6.07, 6.45) is 0. The van der Waals surface area contributed by atoms with Crippen molar-refractivity contribution in [2.75, 3.05) is 0 Å². The van der Waals surface area contributed by atoms with E-state index in [1.165, 1.54) is 16.7 Å². The van der Waals surface area contributed by atoms with Crippen LogP contribution in [0.25, 0.3) is 34.2 Å². The summed E-state index contributed by atoms with van der Waals surface area (Å²) in [6, 6.07) is 25.1. The van der Waals surface area contributed by atoms with E-state index >= 15 is 0 Å². The summed E-state index contributed by atoms with van der Waals surface area (Å²) in [4.78, 5) is 14.4. The van der Waals surface area contributed by atoms with E-state index < -0.39 is 0 Å². The topological polar surface area (TPSA) is 38.7 Å². The maximum Gasteiger partial charge on any atom is 0.164 e. The van der Waals surface area contributed by atoms with Crippen molar-refractivity contribution in [3.8, 4) is 34.2 Å². The zero-order valence-corrected chi connectivity index (χ0v) is 17.3. The van der Waals surface area contributed by atoms with Gasteiger partial charge in [-0.2, -0.15) is 0 Å². The van der Waals surface area contributed by atoms with Crippen LogP contribution in [0.3, 0.4) is 0 Å². The maximum atomic E-state index is 4.80. The number of hydrogen-bond donors (Lipinski definition) is 0. The summed E-state index contributed by atoms with van der Waals surface area (Å²) < 4.78 is 0. The number of nitrogens with zero attached hydrogens (tertiary/aromatic N) is 3. The number of aromatic nitrogens is 3. The fraction of sp³-hybridized carbons (Fsp3) is 0.192. The summed E-state index contributed by atoms with van der Waals surface area (Å²) in [5, 5.41) is 0. The fourth-order valence-electron chi connectivity index (χ4n) is 3.19. The first kappa shape index (κ1) is 19.0. The molecule has 0 atom stereocenters. The predicted octanol–water partition coefficient (Wildman–Crippen LogP) is 6.61.